The second-order valence-corrected chi connectivity index (χ2v) is 3.91. The zero-order valence-corrected chi connectivity index (χ0v) is 8.90. The fourth-order valence-electron chi connectivity index (χ4n) is 1.98. The first-order valence-corrected chi connectivity index (χ1v) is 5.26. The molecule has 0 saturated heterocycles. The van der Waals surface area contributed by atoms with E-state index in [9.17, 15) is 10.2 Å². The van der Waals surface area contributed by atoms with E-state index in [0.29, 0.717) is 0 Å². The van der Waals surface area contributed by atoms with Crippen molar-refractivity contribution in [2.75, 3.05) is 0 Å². The van der Waals surface area contributed by atoms with Crippen molar-refractivity contribution in [3.8, 4) is 0 Å². The van der Waals surface area contributed by atoms with Gasteiger partial charge in [-0.2, -0.15) is 0 Å². The van der Waals surface area contributed by atoms with Crippen LogP contribution in [-0.4, -0.2) is 28.6 Å². The van der Waals surface area contributed by atoms with Crippen LogP contribution in [-0.2, 0) is 9.47 Å². The van der Waals surface area contributed by atoms with Gasteiger partial charge in [0.1, 0.15) is 0 Å². The minimum Gasteiger partial charge on any atom is -0.368 e. The van der Waals surface area contributed by atoms with Crippen LogP contribution in [0.1, 0.15) is 46.0 Å². The maximum atomic E-state index is 9.20. The smallest absolute Gasteiger partial charge is 0.174 e. The molecule has 2 N–H and O–H groups in total. The van der Waals surface area contributed by atoms with Crippen LogP contribution >= 0.6 is 0 Å². The second kappa shape index (κ2) is 5.07. The molecule has 0 heterocycles. The van der Waals surface area contributed by atoms with Gasteiger partial charge < -0.3 is 19.7 Å². The number of ether oxygens (including phenoxy) is 2. The van der Waals surface area contributed by atoms with Gasteiger partial charge in [-0.3, -0.25) is 0 Å². The fourth-order valence-corrected chi connectivity index (χ4v) is 1.98. The third kappa shape index (κ3) is 3.53. The van der Waals surface area contributed by atoms with Gasteiger partial charge in [-0.25, -0.2) is 0 Å². The molecule has 0 aromatic rings. The first kappa shape index (κ1) is 11.9. The molecule has 0 aliphatic heterocycles. The summed E-state index contributed by atoms with van der Waals surface area (Å²) in [7, 11) is 0. The Morgan fingerprint density at radius 3 is 1.71 bits per heavy atom. The van der Waals surface area contributed by atoms with E-state index in [1.807, 2.05) is 0 Å². The summed E-state index contributed by atoms with van der Waals surface area (Å²) in [6, 6.07) is 0. The van der Waals surface area contributed by atoms with Gasteiger partial charge >= 0.3 is 0 Å². The van der Waals surface area contributed by atoms with Crippen LogP contribution in [0.4, 0.5) is 0 Å². The third-order valence-corrected chi connectivity index (χ3v) is 2.39. The average molecular weight is 204 g/mol. The topological polar surface area (TPSA) is 58.9 Å². The molecule has 1 aliphatic rings. The molecular formula is C10H20O4. The molecule has 0 bridgehead atoms. The monoisotopic (exact) mass is 204 g/mol. The Balaban J connectivity index is 2.57. The predicted octanol–water partition coefficient (Wildman–Crippen LogP) is 1.36. The minimum absolute atomic E-state index is 0.739. The van der Waals surface area contributed by atoms with E-state index in [-0.39, 0.29) is 0 Å². The zero-order chi connectivity index (χ0) is 10.6. The molecule has 84 valence electrons. The van der Waals surface area contributed by atoms with Crippen LogP contribution < -0.4 is 0 Å². The lowest BCUT2D eigenvalue weighted by molar-refractivity contribution is -0.343. The van der Waals surface area contributed by atoms with Crippen LogP contribution in [0.5, 0.6) is 0 Å². The van der Waals surface area contributed by atoms with Crippen molar-refractivity contribution in [2.24, 2.45) is 0 Å². The van der Waals surface area contributed by atoms with E-state index in [2.05, 4.69) is 0 Å². The molecule has 0 amide bonds. The molecule has 1 rings (SSSR count). The lowest BCUT2D eigenvalue weighted by Crippen LogP contribution is -2.43. The maximum Gasteiger partial charge on any atom is 0.174 e. The van der Waals surface area contributed by atoms with Crippen LogP contribution in [0, 0.1) is 0 Å². The number of aliphatic hydroxyl groups is 2. The van der Waals surface area contributed by atoms with Gasteiger partial charge in [-0.1, -0.05) is 6.42 Å². The summed E-state index contributed by atoms with van der Waals surface area (Å²) in [5, 5.41) is 18.4. The van der Waals surface area contributed by atoms with Gasteiger partial charge in [0.15, 0.2) is 18.4 Å². The number of hydrogen-bond acceptors (Lipinski definition) is 4. The summed E-state index contributed by atoms with van der Waals surface area (Å²) < 4.78 is 10.7. The van der Waals surface area contributed by atoms with Crippen molar-refractivity contribution in [1.29, 1.82) is 0 Å². The van der Waals surface area contributed by atoms with Crippen molar-refractivity contribution in [1.82, 2.24) is 0 Å². The summed E-state index contributed by atoms with van der Waals surface area (Å²) in [4.78, 5) is 0. The molecule has 4 heteroatoms. The summed E-state index contributed by atoms with van der Waals surface area (Å²) in [5.41, 5.74) is 0. The van der Waals surface area contributed by atoms with Gasteiger partial charge in [0.2, 0.25) is 0 Å². The van der Waals surface area contributed by atoms with Crippen molar-refractivity contribution in [3.05, 3.63) is 0 Å². The molecule has 1 saturated carbocycles. The zero-order valence-electron chi connectivity index (χ0n) is 8.90. The molecule has 2 atom stereocenters. The molecule has 4 nitrogen and oxygen atoms in total. The maximum absolute atomic E-state index is 9.20. The van der Waals surface area contributed by atoms with Gasteiger partial charge in [-0.05, 0) is 26.7 Å². The van der Waals surface area contributed by atoms with Gasteiger partial charge in [0.05, 0.1) is 0 Å². The van der Waals surface area contributed by atoms with Crippen LogP contribution in [0.25, 0.3) is 0 Å². The quantitative estimate of drug-likeness (QED) is 0.679. The van der Waals surface area contributed by atoms with Crippen molar-refractivity contribution in [3.63, 3.8) is 0 Å². The predicted molar refractivity (Wildman–Crippen MR) is 51.3 cm³/mol. The van der Waals surface area contributed by atoms with Gasteiger partial charge in [-0.15, -0.1) is 0 Å². The molecule has 0 aromatic carbocycles. The summed E-state index contributed by atoms with van der Waals surface area (Å²) in [6.07, 6.45) is 2.96. The Kier molecular flexibility index (Phi) is 4.31. The van der Waals surface area contributed by atoms with Crippen molar-refractivity contribution >= 4 is 0 Å². The molecule has 2 unspecified atom stereocenters. The third-order valence-electron chi connectivity index (χ3n) is 2.39. The SMILES string of the molecule is CC(O)OC1(OC(C)O)CCCCC1. The first-order valence-electron chi connectivity index (χ1n) is 5.26. The van der Waals surface area contributed by atoms with Crippen molar-refractivity contribution in [2.45, 2.75) is 64.3 Å². The summed E-state index contributed by atoms with van der Waals surface area (Å²) in [5.74, 6) is -0.777. The molecule has 1 fully saturated rings. The Hall–Kier alpha value is -0.160. The fraction of sp³-hybridized carbons (Fsp3) is 1.00. The molecule has 14 heavy (non-hydrogen) atoms. The minimum atomic E-state index is -0.855. The van der Waals surface area contributed by atoms with E-state index in [1.54, 1.807) is 13.8 Å². The lowest BCUT2D eigenvalue weighted by atomic mass is 9.94. The number of hydrogen-bond donors (Lipinski definition) is 2. The highest BCUT2D eigenvalue weighted by Gasteiger charge is 2.36. The highest BCUT2D eigenvalue weighted by atomic mass is 16.8. The van der Waals surface area contributed by atoms with E-state index < -0.39 is 18.4 Å². The van der Waals surface area contributed by atoms with E-state index >= 15 is 0 Å². The van der Waals surface area contributed by atoms with Gasteiger partial charge in [0, 0.05) is 12.8 Å². The number of rotatable bonds is 4. The molecule has 0 aromatic heterocycles. The van der Waals surface area contributed by atoms with Gasteiger partial charge in [0.25, 0.3) is 0 Å². The highest BCUT2D eigenvalue weighted by Crippen LogP contribution is 2.34. The van der Waals surface area contributed by atoms with E-state index in [4.69, 9.17) is 9.47 Å². The van der Waals surface area contributed by atoms with Crippen LogP contribution in [0.15, 0.2) is 0 Å². The van der Waals surface area contributed by atoms with E-state index in [1.165, 1.54) is 0 Å². The molecule has 1 aliphatic carbocycles. The largest absolute Gasteiger partial charge is 0.368 e. The molecule has 0 radical (unpaired) electrons. The van der Waals surface area contributed by atoms with Crippen molar-refractivity contribution < 1.29 is 19.7 Å². The normalized spacial score (nSPS) is 25.7. The van der Waals surface area contributed by atoms with Crippen LogP contribution in [0.2, 0.25) is 0 Å². The highest BCUT2D eigenvalue weighted by molar-refractivity contribution is 4.75. The molecule has 0 spiro atoms. The summed E-state index contributed by atoms with van der Waals surface area (Å²) >= 11 is 0. The second-order valence-electron chi connectivity index (χ2n) is 3.91. The number of aliphatic hydroxyl groups excluding tert-OH is 2. The summed E-state index contributed by atoms with van der Waals surface area (Å²) in [6.45, 7) is 3.11. The lowest BCUT2D eigenvalue weighted by Gasteiger charge is -2.38. The Bertz CT molecular complexity index is 150. The van der Waals surface area contributed by atoms with Crippen LogP contribution in [0.3, 0.4) is 0 Å². The first-order chi connectivity index (χ1) is 6.54. The Morgan fingerprint density at radius 1 is 0.929 bits per heavy atom. The van der Waals surface area contributed by atoms with E-state index in [0.717, 1.165) is 32.1 Å². The Morgan fingerprint density at radius 2 is 1.36 bits per heavy atom. The standard InChI is InChI=1S/C10H20O4/c1-8(11)13-10(14-9(2)12)6-4-3-5-7-10/h8-9,11-12H,3-7H2,1-2H3. The average Bonchev–Trinajstić information content (AvgIpc) is 2.01. The molecular weight excluding hydrogens is 184 g/mol. The Labute approximate surface area is 84.8 Å².